The number of aliphatic hydroxyl groups is 1. The topological polar surface area (TPSA) is 86.6 Å². The fraction of sp³-hybridized carbons (Fsp3) is 0.818. The monoisotopic (exact) mass is 229 g/mol. The number of rotatable bonds is 6. The van der Waals surface area contributed by atoms with Crippen molar-refractivity contribution in [2.75, 3.05) is 13.2 Å². The van der Waals surface area contributed by atoms with E-state index in [9.17, 15) is 9.59 Å². The van der Waals surface area contributed by atoms with Crippen LogP contribution in [0.15, 0.2) is 0 Å². The van der Waals surface area contributed by atoms with Gasteiger partial charge in [0.05, 0.1) is 12.5 Å². The van der Waals surface area contributed by atoms with Crippen LogP contribution in [0, 0.1) is 11.8 Å². The highest BCUT2D eigenvalue weighted by Crippen LogP contribution is 2.33. The van der Waals surface area contributed by atoms with Gasteiger partial charge in [-0.25, -0.2) is 0 Å². The molecule has 1 saturated carbocycles. The van der Waals surface area contributed by atoms with Crippen molar-refractivity contribution in [3.05, 3.63) is 0 Å². The molecule has 0 spiro atoms. The number of carbonyl (C=O) groups is 2. The minimum Gasteiger partial charge on any atom is -0.481 e. The highest BCUT2D eigenvalue weighted by molar-refractivity contribution is 5.82. The van der Waals surface area contributed by atoms with Gasteiger partial charge in [-0.1, -0.05) is 12.8 Å². The smallest absolute Gasteiger partial charge is 0.307 e. The molecule has 1 fully saturated rings. The maximum Gasteiger partial charge on any atom is 0.307 e. The molecule has 0 aromatic carbocycles. The van der Waals surface area contributed by atoms with Gasteiger partial charge < -0.3 is 15.5 Å². The van der Waals surface area contributed by atoms with Crippen molar-refractivity contribution in [1.29, 1.82) is 0 Å². The van der Waals surface area contributed by atoms with Gasteiger partial charge in [-0.2, -0.15) is 0 Å². The molecule has 0 aromatic rings. The molecule has 5 nitrogen and oxygen atoms in total. The molecule has 1 rings (SSSR count). The lowest BCUT2D eigenvalue weighted by molar-refractivity contribution is -0.146. The third kappa shape index (κ3) is 3.81. The number of carboxylic acid groups (broad SMARTS) is 1. The van der Waals surface area contributed by atoms with E-state index in [0.29, 0.717) is 0 Å². The van der Waals surface area contributed by atoms with Gasteiger partial charge in [-0.05, 0) is 18.8 Å². The Morgan fingerprint density at radius 3 is 2.44 bits per heavy atom. The van der Waals surface area contributed by atoms with Gasteiger partial charge in [-0.3, -0.25) is 9.59 Å². The van der Waals surface area contributed by atoms with Gasteiger partial charge in [0.1, 0.15) is 0 Å². The van der Waals surface area contributed by atoms with Crippen LogP contribution in [0.5, 0.6) is 0 Å². The average molecular weight is 229 g/mol. The van der Waals surface area contributed by atoms with E-state index in [4.69, 9.17) is 10.2 Å². The van der Waals surface area contributed by atoms with Gasteiger partial charge in [0, 0.05) is 13.0 Å². The average Bonchev–Trinajstić information content (AvgIpc) is 2.75. The van der Waals surface area contributed by atoms with E-state index >= 15 is 0 Å². The van der Waals surface area contributed by atoms with Crippen molar-refractivity contribution >= 4 is 11.9 Å². The van der Waals surface area contributed by atoms with E-state index in [-0.39, 0.29) is 31.4 Å². The zero-order valence-electron chi connectivity index (χ0n) is 9.32. The number of aliphatic carboxylic acids is 1. The van der Waals surface area contributed by atoms with Gasteiger partial charge >= 0.3 is 5.97 Å². The van der Waals surface area contributed by atoms with Crippen molar-refractivity contribution < 1.29 is 19.8 Å². The van der Waals surface area contributed by atoms with Crippen LogP contribution in [-0.4, -0.2) is 35.2 Å². The molecule has 92 valence electrons. The quantitative estimate of drug-likeness (QED) is 0.614. The Morgan fingerprint density at radius 1 is 1.31 bits per heavy atom. The van der Waals surface area contributed by atoms with Crippen LogP contribution in [-0.2, 0) is 9.59 Å². The van der Waals surface area contributed by atoms with Gasteiger partial charge in [0.25, 0.3) is 0 Å². The Bertz CT molecular complexity index is 248. The Hall–Kier alpha value is -1.10. The van der Waals surface area contributed by atoms with Crippen LogP contribution in [0.2, 0.25) is 0 Å². The molecular formula is C11H19NO4. The van der Waals surface area contributed by atoms with Crippen molar-refractivity contribution in [2.24, 2.45) is 11.8 Å². The summed E-state index contributed by atoms with van der Waals surface area (Å²) in [6, 6.07) is 0. The van der Waals surface area contributed by atoms with E-state index in [1.807, 2.05) is 0 Å². The second-order valence-electron chi connectivity index (χ2n) is 4.27. The number of carbonyl (C=O) groups excluding carboxylic acids is 1. The number of hydrogen-bond donors (Lipinski definition) is 3. The maximum absolute atomic E-state index is 11.4. The first-order chi connectivity index (χ1) is 7.65. The maximum atomic E-state index is 11.4. The van der Waals surface area contributed by atoms with Gasteiger partial charge in [0.2, 0.25) is 5.91 Å². The molecule has 0 aromatic heterocycles. The van der Waals surface area contributed by atoms with Crippen molar-refractivity contribution in [2.45, 2.75) is 32.1 Å². The zero-order valence-corrected chi connectivity index (χ0v) is 9.32. The van der Waals surface area contributed by atoms with Crippen LogP contribution < -0.4 is 5.32 Å². The fourth-order valence-electron chi connectivity index (χ4n) is 2.28. The Kier molecular flexibility index (Phi) is 5.25. The third-order valence-electron chi connectivity index (χ3n) is 3.13. The van der Waals surface area contributed by atoms with Crippen LogP contribution in [0.25, 0.3) is 0 Å². The summed E-state index contributed by atoms with van der Waals surface area (Å²) in [5, 5.41) is 20.1. The first-order valence-electron chi connectivity index (χ1n) is 5.75. The summed E-state index contributed by atoms with van der Waals surface area (Å²) < 4.78 is 0. The van der Waals surface area contributed by atoms with Crippen LogP contribution in [0.1, 0.15) is 32.1 Å². The number of nitrogens with one attached hydrogen (secondary N) is 1. The predicted molar refractivity (Wildman–Crippen MR) is 57.8 cm³/mol. The van der Waals surface area contributed by atoms with E-state index < -0.39 is 11.9 Å². The van der Waals surface area contributed by atoms with Crippen LogP contribution in [0.4, 0.5) is 0 Å². The van der Waals surface area contributed by atoms with E-state index in [2.05, 4.69) is 5.32 Å². The summed E-state index contributed by atoms with van der Waals surface area (Å²) in [5.74, 6) is -1.60. The number of hydrogen-bond acceptors (Lipinski definition) is 3. The second kappa shape index (κ2) is 6.48. The van der Waals surface area contributed by atoms with Crippen LogP contribution in [0.3, 0.4) is 0 Å². The fourth-order valence-corrected chi connectivity index (χ4v) is 2.28. The van der Waals surface area contributed by atoms with Crippen molar-refractivity contribution in [3.8, 4) is 0 Å². The van der Waals surface area contributed by atoms with Gasteiger partial charge in [0.15, 0.2) is 0 Å². The normalized spacial score (nSPS) is 18.3. The number of carboxylic acids is 1. The first kappa shape index (κ1) is 13.0. The number of amides is 1. The lowest BCUT2D eigenvalue weighted by atomic mass is 9.88. The number of aliphatic hydroxyl groups excluding tert-OH is 1. The molecule has 1 aliphatic carbocycles. The molecule has 16 heavy (non-hydrogen) atoms. The van der Waals surface area contributed by atoms with E-state index in [1.54, 1.807) is 0 Å². The molecule has 1 unspecified atom stereocenters. The molecule has 5 heteroatoms. The highest BCUT2D eigenvalue weighted by Gasteiger charge is 2.32. The largest absolute Gasteiger partial charge is 0.481 e. The lowest BCUT2D eigenvalue weighted by Crippen LogP contribution is -2.32. The van der Waals surface area contributed by atoms with E-state index in [0.717, 1.165) is 25.7 Å². The summed E-state index contributed by atoms with van der Waals surface area (Å²) in [6.45, 7) is 0.0722. The molecule has 1 amide bonds. The van der Waals surface area contributed by atoms with Gasteiger partial charge in [-0.15, -0.1) is 0 Å². The standard InChI is InChI=1S/C11H19NO4/c13-6-5-12-10(14)7-9(11(15)16)8-3-1-2-4-8/h8-9,13H,1-7H2,(H,12,14)(H,15,16). The minimum atomic E-state index is -0.883. The first-order valence-corrected chi connectivity index (χ1v) is 5.75. The summed E-state index contributed by atoms with van der Waals surface area (Å²) in [7, 11) is 0. The Morgan fingerprint density at radius 2 is 1.94 bits per heavy atom. The molecule has 0 bridgehead atoms. The summed E-state index contributed by atoms with van der Waals surface area (Å²) in [5.41, 5.74) is 0. The molecule has 0 saturated heterocycles. The summed E-state index contributed by atoms with van der Waals surface area (Å²) >= 11 is 0. The summed E-state index contributed by atoms with van der Waals surface area (Å²) in [4.78, 5) is 22.5. The third-order valence-corrected chi connectivity index (χ3v) is 3.13. The molecule has 3 N–H and O–H groups in total. The van der Waals surface area contributed by atoms with Crippen molar-refractivity contribution in [3.63, 3.8) is 0 Å². The minimum absolute atomic E-state index is 0.0278. The Balaban J connectivity index is 2.44. The molecule has 0 heterocycles. The Labute approximate surface area is 94.8 Å². The molecule has 1 atom stereocenters. The second-order valence-corrected chi connectivity index (χ2v) is 4.27. The summed E-state index contributed by atoms with van der Waals surface area (Å²) in [6.07, 6.45) is 3.97. The predicted octanol–water partition coefficient (Wildman–Crippen LogP) is 0.376. The molecular weight excluding hydrogens is 210 g/mol. The molecule has 0 aliphatic heterocycles. The molecule has 1 aliphatic rings. The lowest BCUT2D eigenvalue weighted by Gasteiger charge is -2.18. The highest BCUT2D eigenvalue weighted by atomic mass is 16.4. The van der Waals surface area contributed by atoms with Crippen LogP contribution >= 0.6 is 0 Å². The SMILES string of the molecule is O=C(CC(C(=O)O)C1CCCC1)NCCO. The van der Waals surface area contributed by atoms with Crippen molar-refractivity contribution in [1.82, 2.24) is 5.32 Å². The van der Waals surface area contributed by atoms with E-state index in [1.165, 1.54) is 0 Å². The zero-order chi connectivity index (χ0) is 12.0. The molecule has 0 radical (unpaired) electrons.